The fourth-order valence-electron chi connectivity index (χ4n) is 3.30. The number of rotatable bonds is 5. The average Bonchev–Trinajstić information content (AvgIpc) is 2.85. The summed E-state index contributed by atoms with van der Waals surface area (Å²) in [6.07, 6.45) is 10.1. The maximum atomic E-state index is 9.87. The minimum Gasteiger partial charge on any atom is -0.392 e. The predicted octanol–water partition coefficient (Wildman–Crippen LogP) is 1.75. The third kappa shape index (κ3) is 3.94. The molecule has 0 amide bonds. The third-order valence-electron chi connectivity index (χ3n) is 4.55. The molecule has 2 N–H and O–H groups in total. The van der Waals surface area contributed by atoms with Crippen molar-refractivity contribution in [3.63, 3.8) is 0 Å². The molecule has 0 unspecified atom stereocenters. The molecule has 2 atom stereocenters. The standard InChI is InChI=1S/C14H28N2O/c1-16(12-6-2-3-7-12)11-10-15-13-8-4-5-9-14(13)17/h12-15,17H,2-11H2,1H3/t13-,14-/m1/s1. The van der Waals surface area contributed by atoms with Crippen LogP contribution in [0.4, 0.5) is 0 Å². The molecule has 2 aliphatic rings. The Kier molecular flexibility index (Phi) is 5.26. The summed E-state index contributed by atoms with van der Waals surface area (Å²) in [5, 5.41) is 13.4. The average molecular weight is 240 g/mol. The van der Waals surface area contributed by atoms with Gasteiger partial charge in [0.2, 0.25) is 0 Å². The van der Waals surface area contributed by atoms with Gasteiger partial charge in [-0.2, -0.15) is 0 Å². The van der Waals surface area contributed by atoms with Crippen LogP contribution in [0.3, 0.4) is 0 Å². The van der Waals surface area contributed by atoms with E-state index in [-0.39, 0.29) is 6.10 Å². The molecule has 3 heteroatoms. The van der Waals surface area contributed by atoms with E-state index in [9.17, 15) is 5.11 Å². The first-order valence-corrected chi connectivity index (χ1v) is 7.39. The lowest BCUT2D eigenvalue weighted by Crippen LogP contribution is -2.45. The van der Waals surface area contributed by atoms with Gasteiger partial charge in [-0.15, -0.1) is 0 Å². The number of likely N-dealkylation sites (N-methyl/N-ethyl adjacent to an activating group) is 1. The van der Waals surface area contributed by atoms with Crippen LogP contribution in [0.25, 0.3) is 0 Å². The predicted molar refractivity (Wildman–Crippen MR) is 71.2 cm³/mol. The van der Waals surface area contributed by atoms with Gasteiger partial charge in [-0.1, -0.05) is 25.7 Å². The first kappa shape index (κ1) is 13.3. The van der Waals surface area contributed by atoms with Crippen molar-refractivity contribution in [2.45, 2.75) is 69.6 Å². The Morgan fingerprint density at radius 3 is 2.41 bits per heavy atom. The number of nitrogens with zero attached hydrogens (tertiary/aromatic N) is 1. The summed E-state index contributed by atoms with van der Waals surface area (Å²) >= 11 is 0. The van der Waals surface area contributed by atoms with Gasteiger partial charge in [-0.05, 0) is 32.7 Å². The Morgan fingerprint density at radius 1 is 1.06 bits per heavy atom. The van der Waals surface area contributed by atoms with E-state index < -0.39 is 0 Å². The van der Waals surface area contributed by atoms with Crippen LogP contribution < -0.4 is 5.32 Å². The zero-order chi connectivity index (χ0) is 12.1. The number of aliphatic hydroxyl groups excluding tert-OH is 1. The highest BCUT2D eigenvalue weighted by atomic mass is 16.3. The first-order chi connectivity index (χ1) is 8.27. The Hall–Kier alpha value is -0.120. The summed E-state index contributed by atoms with van der Waals surface area (Å²) in [7, 11) is 2.25. The summed E-state index contributed by atoms with van der Waals surface area (Å²) in [6, 6.07) is 1.16. The number of aliphatic hydroxyl groups is 1. The van der Waals surface area contributed by atoms with E-state index in [4.69, 9.17) is 0 Å². The van der Waals surface area contributed by atoms with Gasteiger partial charge in [-0.3, -0.25) is 0 Å². The first-order valence-electron chi connectivity index (χ1n) is 7.39. The molecule has 2 rings (SSSR count). The van der Waals surface area contributed by atoms with Gasteiger partial charge in [0.05, 0.1) is 6.10 Å². The van der Waals surface area contributed by atoms with E-state index in [0.717, 1.165) is 32.0 Å². The monoisotopic (exact) mass is 240 g/mol. The largest absolute Gasteiger partial charge is 0.392 e. The second-order valence-corrected chi connectivity index (χ2v) is 5.83. The molecule has 100 valence electrons. The van der Waals surface area contributed by atoms with Gasteiger partial charge >= 0.3 is 0 Å². The van der Waals surface area contributed by atoms with Gasteiger partial charge in [-0.25, -0.2) is 0 Å². The van der Waals surface area contributed by atoms with Crippen LogP contribution in [0.15, 0.2) is 0 Å². The van der Waals surface area contributed by atoms with Crippen LogP contribution in [-0.4, -0.2) is 48.3 Å². The van der Waals surface area contributed by atoms with E-state index in [2.05, 4.69) is 17.3 Å². The maximum Gasteiger partial charge on any atom is 0.0693 e. The Labute approximate surface area is 106 Å². The number of hydrogen-bond acceptors (Lipinski definition) is 3. The molecule has 0 heterocycles. The zero-order valence-electron chi connectivity index (χ0n) is 11.2. The Morgan fingerprint density at radius 2 is 1.71 bits per heavy atom. The van der Waals surface area contributed by atoms with Crippen molar-refractivity contribution in [2.24, 2.45) is 0 Å². The lowest BCUT2D eigenvalue weighted by atomic mass is 9.92. The topological polar surface area (TPSA) is 35.5 Å². The quantitative estimate of drug-likeness (QED) is 0.768. The van der Waals surface area contributed by atoms with Crippen LogP contribution in [0.1, 0.15) is 51.4 Å². The molecule has 0 saturated heterocycles. The maximum absolute atomic E-state index is 9.87. The van der Waals surface area contributed by atoms with Gasteiger partial charge < -0.3 is 15.3 Å². The summed E-state index contributed by atoms with van der Waals surface area (Å²) in [5.41, 5.74) is 0. The van der Waals surface area contributed by atoms with Gasteiger partial charge in [0, 0.05) is 25.2 Å². The van der Waals surface area contributed by atoms with Crippen molar-refractivity contribution in [2.75, 3.05) is 20.1 Å². The number of nitrogens with one attached hydrogen (secondary N) is 1. The lowest BCUT2D eigenvalue weighted by molar-refractivity contribution is 0.0889. The zero-order valence-corrected chi connectivity index (χ0v) is 11.2. The normalized spacial score (nSPS) is 31.2. The molecule has 0 aliphatic heterocycles. The molecule has 0 aromatic heterocycles. The lowest BCUT2D eigenvalue weighted by Gasteiger charge is -2.30. The van der Waals surface area contributed by atoms with Gasteiger partial charge in [0.25, 0.3) is 0 Å². The summed E-state index contributed by atoms with van der Waals surface area (Å²) < 4.78 is 0. The van der Waals surface area contributed by atoms with Crippen LogP contribution >= 0.6 is 0 Å². The van der Waals surface area contributed by atoms with Gasteiger partial charge in [0.1, 0.15) is 0 Å². The Bertz CT molecular complexity index is 216. The molecule has 0 radical (unpaired) electrons. The van der Waals surface area contributed by atoms with Crippen LogP contribution in [0.2, 0.25) is 0 Å². The molecule has 3 nitrogen and oxygen atoms in total. The Balaban J connectivity index is 1.61. The molecule has 2 aliphatic carbocycles. The number of hydrogen-bond donors (Lipinski definition) is 2. The fourth-order valence-corrected chi connectivity index (χ4v) is 3.30. The SMILES string of the molecule is CN(CCN[C@@H]1CCCC[C@H]1O)C1CCCC1. The van der Waals surface area contributed by atoms with E-state index in [0.29, 0.717) is 6.04 Å². The van der Waals surface area contributed by atoms with Crippen molar-refractivity contribution in [3.05, 3.63) is 0 Å². The molecule has 2 fully saturated rings. The molecule has 0 aromatic carbocycles. The highest BCUT2D eigenvalue weighted by Gasteiger charge is 2.23. The molecule has 2 saturated carbocycles. The van der Waals surface area contributed by atoms with Crippen LogP contribution in [0, 0.1) is 0 Å². The summed E-state index contributed by atoms with van der Waals surface area (Å²) in [5.74, 6) is 0. The highest BCUT2D eigenvalue weighted by molar-refractivity contribution is 4.81. The molecule has 0 aromatic rings. The van der Waals surface area contributed by atoms with Crippen molar-refractivity contribution in [1.29, 1.82) is 0 Å². The molecular weight excluding hydrogens is 212 g/mol. The van der Waals surface area contributed by atoms with Crippen LogP contribution in [0.5, 0.6) is 0 Å². The smallest absolute Gasteiger partial charge is 0.0693 e. The third-order valence-corrected chi connectivity index (χ3v) is 4.55. The van der Waals surface area contributed by atoms with Crippen molar-refractivity contribution in [3.8, 4) is 0 Å². The second-order valence-electron chi connectivity index (χ2n) is 5.83. The second kappa shape index (κ2) is 6.72. The molecule has 0 bridgehead atoms. The fraction of sp³-hybridized carbons (Fsp3) is 1.00. The molecular formula is C14H28N2O. The van der Waals surface area contributed by atoms with E-state index in [1.165, 1.54) is 38.5 Å². The van der Waals surface area contributed by atoms with Crippen molar-refractivity contribution < 1.29 is 5.11 Å². The van der Waals surface area contributed by atoms with Crippen molar-refractivity contribution in [1.82, 2.24) is 10.2 Å². The van der Waals surface area contributed by atoms with E-state index >= 15 is 0 Å². The van der Waals surface area contributed by atoms with Gasteiger partial charge in [0.15, 0.2) is 0 Å². The minimum atomic E-state index is -0.111. The minimum absolute atomic E-state index is 0.111. The van der Waals surface area contributed by atoms with E-state index in [1.807, 2.05) is 0 Å². The summed E-state index contributed by atoms with van der Waals surface area (Å²) in [4.78, 5) is 2.50. The van der Waals surface area contributed by atoms with E-state index in [1.54, 1.807) is 0 Å². The van der Waals surface area contributed by atoms with Crippen molar-refractivity contribution >= 4 is 0 Å². The van der Waals surface area contributed by atoms with Crippen LogP contribution in [-0.2, 0) is 0 Å². The molecule has 0 spiro atoms. The molecule has 17 heavy (non-hydrogen) atoms. The summed E-state index contributed by atoms with van der Waals surface area (Å²) in [6.45, 7) is 2.14. The highest BCUT2D eigenvalue weighted by Crippen LogP contribution is 2.22.